The second-order valence-electron chi connectivity index (χ2n) is 6.84. The highest BCUT2D eigenvalue weighted by Gasteiger charge is 2.41. The molecule has 0 radical (unpaired) electrons. The lowest BCUT2D eigenvalue weighted by Gasteiger charge is -2.43. The van der Waals surface area contributed by atoms with Gasteiger partial charge in [-0.3, -0.25) is 0 Å². The molecular weight excluding hydrogens is 234 g/mol. The van der Waals surface area contributed by atoms with Crippen molar-refractivity contribution in [3.8, 4) is 0 Å². The third kappa shape index (κ3) is 4.75. The zero-order valence-corrected chi connectivity index (χ0v) is 13.9. The monoisotopic (exact) mass is 269 g/mol. The molecule has 1 rings (SSSR count). The number of nitrogens with zero attached hydrogens (tertiary/aromatic N) is 1. The smallest absolute Gasteiger partial charge is 0.0533 e. The Morgan fingerprint density at radius 3 is 2.16 bits per heavy atom. The molecule has 1 unspecified atom stereocenters. The van der Waals surface area contributed by atoms with Crippen LogP contribution in [0.2, 0.25) is 0 Å². The summed E-state index contributed by atoms with van der Waals surface area (Å²) in [5.74, 6) is 1.63. The first-order valence-corrected chi connectivity index (χ1v) is 8.29. The quantitative estimate of drug-likeness (QED) is 0.622. The van der Waals surface area contributed by atoms with Crippen molar-refractivity contribution in [2.45, 2.75) is 59.8 Å². The van der Waals surface area contributed by atoms with Crippen LogP contribution in [-0.2, 0) is 4.74 Å². The fourth-order valence-electron chi connectivity index (χ4n) is 4.11. The number of hydrogen-bond acceptors (Lipinski definition) is 2. The topological polar surface area (TPSA) is 12.5 Å². The number of hydrogen-bond donors (Lipinski definition) is 0. The largest absolute Gasteiger partial charge is 0.384 e. The summed E-state index contributed by atoms with van der Waals surface area (Å²) in [6, 6.07) is 0. The van der Waals surface area contributed by atoms with E-state index in [0.29, 0.717) is 5.41 Å². The van der Waals surface area contributed by atoms with Gasteiger partial charge in [-0.15, -0.1) is 0 Å². The van der Waals surface area contributed by atoms with Gasteiger partial charge < -0.3 is 9.64 Å². The lowest BCUT2D eigenvalue weighted by molar-refractivity contribution is -0.0110. The van der Waals surface area contributed by atoms with Crippen LogP contribution in [0.3, 0.4) is 0 Å². The Morgan fingerprint density at radius 1 is 1.16 bits per heavy atom. The van der Waals surface area contributed by atoms with Gasteiger partial charge in [0.05, 0.1) is 6.61 Å². The van der Waals surface area contributed by atoms with E-state index < -0.39 is 0 Å². The molecule has 2 heteroatoms. The third-order valence-corrected chi connectivity index (χ3v) is 4.90. The third-order valence-electron chi connectivity index (χ3n) is 4.90. The molecule has 0 N–H and O–H groups in total. The van der Waals surface area contributed by atoms with Crippen LogP contribution in [0.15, 0.2) is 0 Å². The van der Waals surface area contributed by atoms with Crippen LogP contribution in [0.25, 0.3) is 0 Å². The minimum absolute atomic E-state index is 0.380. The van der Waals surface area contributed by atoms with Crippen LogP contribution in [0.5, 0.6) is 0 Å². The molecule has 0 amide bonds. The first kappa shape index (κ1) is 17.0. The highest BCUT2D eigenvalue weighted by atomic mass is 16.5. The summed E-state index contributed by atoms with van der Waals surface area (Å²) in [6.45, 7) is 13.8. The maximum Gasteiger partial charge on any atom is 0.0533 e. The Balaban J connectivity index is 2.88. The fourth-order valence-corrected chi connectivity index (χ4v) is 4.11. The molecule has 0 spiro atoms. The van der Waals surface area contributed by atoms with Crippen LogP contribution < -0.4 is 0 Å². The molecule has 1 atom stereocenters. The molecule has 114 valence electrons. The minimum Gasteiger partial charge on any atom is -0.384 e. The molecule has 2 nitrogen and oxygen atoms in total. The van der Waals surface area contributed by atoms with Crippen molar-refractivity contribution in [1.82, 2.24) is 4.90 Å². The average molecular weight is 269 g/mol. The van der Waals surface area contributed by atoms with Gasteiger partial charge in [0, 0.05) is 19.1 Å². The van der Waals surface area contributed by atoms with E-state index in [1.54, 1.807) is 0 Å². The summed E-state index contributed by atoms with van der Waals surface area (Å²) in [5.41, 5.74) is 0.380. The molecule has 0 aliphatic heterocycles. The number of rotatable bonds is 9. The summed E-state index contributed by atoms with van der Waals surface area (Å²) >= 11 is 0. The molecule has 1 saturated carbocycles. The van der Waals surface area contributed by atoms with Gasteiger partial charge in [0.2, 0.25) is 0 Å². The number of methoxy groups -OCH3 is 1. The summed E-state index contributed by atoms with van der Waals surface area (Å²) < 4.78 is 5.68. The minimum atomic E-state index is 0.380. The average Bonchev–Trinajstić information content (AvgIpc) is 2.89. The van der Waals surface area contributed by atoms with E-state index in [0.717, 1.165) is 31.5 Å². The molecule has 0 bridgehead atoms. The summed E-state index contributed by atoms with van der Waals surface area (Å²) in [7, 11) is 1.88. The van der Waals surface area contributed by atoms with Gasteiger partial charge in [-0.25, -0.2) is 0 Å². The van der Waals surface area contributed by atoms with E-state index in [1.165, 1.54) is 38.6 Å². The molecule has 1 aliphatic rings. The number of ether oxygens (including phenoxy) is 1. The van der Waals surface area contributed by atoms with Crippen LogP contribution in [0, 0.1) is 17.3 Å². The predicted octanol–water partition coefficient (Wildman–Crippen LogP) is 4.20. The predicted molar refractivity (Wildman–Crippen MR) is 83.5 cm³/mol. The van der Waals surface area contributed by atoms with Gasteiger partial charge in [-0.05, 0) is 44.2 Å². The summed E-state index contributed by atoms with van der Waals surface area (Å²) in [4.78, 5) is 2.60. The van der Waals surface area contributed by atoms with E-state index in [4.69, 9.17) is 4.74 Å². The van der Waals surface area contributed by atoms with Crippen molar-refractivity contribution < 1.29 is 4.74 Å². The normalized spacial score (nSPS) is 20.4. The molecule has 1 fully saturated rings. The van der Waals surface area contributed by atoms with Crippen molar-refractivity contribution in [1.29, 1.82) is 0 Å². The lowest BCUT2D eigenvalue weighted by Crippen LogP contribution is -2.46. The van der Waals surface area contributed by atoms with E-state index in [-0.39, 0.29) is 0 Å². The highest BCUT2D eigenvalue weighted by molar-refractivity contribution is 4.92. The van der Waals surface area contributed by atoms with Crippen LogP contribution >= 0.6 is 0 Å². The maximum atomic E-state index is 5.68. The zero-order valence-electron chi connectivity index (χ0n) is 13.9. The van der Waals surface area contributed by atoms with Gasteiger partial charge in [0.25, 0.3) is 0 Å². The lowest BCUT2D eigenvalue weighted by atomic mass is 9.69. The highest BCUT2D eigenvalue weighted by Crippen LogP contribution is 2.45. The molecule has 1 aliphatic carbocycles. The maximum absolute atomic E-state index is 5.68. The SMILES string of the molecule is CCN(CC)CC(COC)(CC(C)C)C1CCCC1. The molecule has 0 saturated heterocycles. The van der Waals surface area contributed by atoms with Crippen LogP contribution in [-0.4, -0.2) is 38.3 Å². The van der Waals surface area contributed by atoms with Gasteiger partial charge in [-0.2, -0.15) is 0 Å². The van der Waals surface area contributed by atoms with Crippen LogP contribution in [0.1, 0.15) is 59.8 Å². The summed E-state index contributed by atoms with van der Waals surface area (Å²) in [5, 5.41) is 0. The Labute approximate surface area is 120 Å². The molecule has 0 aromatic carbocycles. The fraction of sp³-hybridized carbons (Fsp3) is 1.00. The van der Waals surface area contributed by atoms with E-state index >= 15 is 0 Å². The Bertz CT molecular complexity index is 231. The first-order chi connectivity index (χ1) is 9.07. The van der Waals surface area contributed by atoms with Crippen molar-refractivity contribution in [3.05, 3.63) is 0 Å². The van der Waals surface area contributed by atoms with Gasteiger partial charge >= 0.3 is 0 Å². The zero-order chi connectivity index (χ0) is 14.3. The van der Waals surface area contributed by atoms with E-state index in [9.17, 15) is 0 Å². The van der Waals surface area contributed by atoms with Gasteiger partial charge in [0.1, 0.15) is 0 Å². The molecular formula is C17H35NO. The van der Waals surface area contributed by atoms with Crippen LogP contribution in [0.4, 0.5) is 0 Å². The molecule has 19 heavy (non-hydrogen) atoms. The van der Waals surface area contributed by atoms with Crippen molar-refractivity contribution in [2.24, 2.45) is 17.3 Å². The molecule has 0 aromatic rings. The molecule has 0 aromatic heterocycles. The Kier molecular flexibility index (Phi) is 7.38. The van der Waals surface area contributed by atoms with Crippen molar-refractivity contribution >= 4 is 0 Å². The molecule has 0 heterocycles. The van der Waals surface area contributed by atoms with E-state index in [2.05, 4.69) is 32.6 Å². The second kappa shape index (κ2) is 8.26. The Hall–Kier alpha value is -0.0800. The van der Waals surface area contributed by atoms with E-state index in [1.807, 2.05) is 7.11 Å². The Morgan fingerprint density at radius 2 is 1.74 bits per heavy atom. The van der Waals surface area contributed by atoms with Gasteiger partial charge in [0.15, 0.2) is 0 Å². The van der Waals surface area contributed by atoms with Crippen molar-refractivity contribution in [2.75, 3.05) is 33.4 Å². The standard InChI is InChI=1S/C17H35NO/c1-6-18(7-2)13-17(14-19-5,12-15(3)4)16-10-8-9-11-16/h15-16H,6-14H2,1-5H3. The van der Waals surface area contributed by atoms with Gasteiger partial charge in [-0.1, -0.05) is 40.5 Å². The van der Waals surface area contributed by atoms with Crippen molar-refractivity contribution in [3.63, 3.8) is 0 Å². The second-order valence-corrected chi connectivity index (χ2v) is 6.84. The first-order valence-electron chi connectivity index (χ1n) is 8.29. The summed E-state index contributed by atoms with van der Waals surface area (Å²) in [6.07, 6.45) is 6.98.